The molecule has 0 heterocycles. The number of ketones is 1. The van der Waals surface area contributed by atoms with E-state index in [-0.39, 0.29) is 17.8 Å². The van der Waals surface area contributed by atoms with E-state index in [4.69, 9.17) is 5.11 Å². The number of hydrogen-bond acceptors (Lipinski definition) is 2. The van der Waals surface area contributed by atoms with Crippen LogP contribution in [-0.4, -0.2) is 17.5 Å². The van der Waals surface area contributed by atoms with E-state index in [0.29, 0.717) is 6.42 Å². The summed E-state index contributed by atoms with van der Waals surface area (Å²) in [4.78, 5) is 11.2. The molecule has 1 rings (SSSR count). The second kappa shape index (κ2) is 4.74. The number of aliphatic hydroxyl groups is 1. The maximum atomic E-state index is 11.2. The number of allylic oxidation sites excluding steroid dienone is 2. The van der Waals surface area contributed by atoms with E-state index < -0.39 is 0 Å². The average molecular weight is 196 g/mol. The minimum absolute atomic E-state index is 0.104. The third-order valence-corrected chi connectivity index (χ3v) is 3.28. The summed E-state index contributed by atoms with van der Waals surface area (Å²) < 4.78 is 0. The maximum absolute atomic E-state index is 11.2. The van der Waals surface area contributed by atoms with Crippen LogP contribution in [0.4, 0.5) is 0 Å². The first kappa shape index (κ1) is 11.4. The van der Waals surface area contributed by atoms with E-state index in [2.05, 4.69) is 13.8 Å². The van der Waals surface area contributed by atoms with Crippen LogP contribution in [0.15, 0.2) is 11.6 Å². The van der Waals surface area contributed by atoms with Crippen molar-refractivity contribution in [3.05, 3.63) is 11.6 Å². The fourth-order valence-electron chi connectivity index (χ4n) is 2.08. The van der Waals surface area contributed by atoms with Crippen molar-refractivity contribution in [3.63, 3.8) is 0 Å². The van der Waals surface area contributed by atoms with Crippen LogP contribution in [-0.2, 0) is 4.79 Å². The molecule has 2 heteroatoms. The first-order valence-electron chi connectivity index (χ1n) is 5.41. The van der Waals surface area contributed by atoms with Gasteiger partial charge in [0.1, 0.15) is 0 Å². The van der Waals surface area contributed by atoms with Crippen molar-refractivity contribution >= 4 is 5.78 Å². The Morgan fingerprint density at radius 1 is 1.43 bits per heavy atom. The van der Waals surface area contributed by atoms with Crippen LogP contribution >= 0.6 is 0 Å². The van der Waals surface area contributed by atoms with Gasteiger partial charge in [-0.05, 0) is 31.3 Å². The highest BCUT2D eigenvalue weighted by Crippen LogP contribution is 2.40. The predicted molar refractivity (Wildman–Crippen MR) is 57.0 cm³/mol. The summed E-state index contributed by atoms with van der Waals surface area (Å²) in [5.41, 5.74) is 1.33. The van der Waals surface area contributed by atoms with Crippen LogP contribution in [0.2, 0.25) is 0 Å². The average Bonchev–Trinajstić information content (AvgIpc) is 2.36. The molecule has 1 N–H and O–H groups in total. The zero-order chi connectivity index (χ0) is 10.6. The molecule has 0 amide bonds. The Bertz CT molecular complexity index is 243. The molecule has 1 atom stereocenters. The van der Waals surface area contributed by atoms with E-state index in [9.17, 15) is 4.79 Å². The highest BCUT2D eigenvalue weighted by molar-refractivity contribution is 5.94. The second-order valence-electron chi connectivity index (χ2n) is 4.57. The number of carbonyl (C=O) groups excluding carboxylic acids is 1. The fraction of sp³-hybridized carbons (Fsp3) is 0.750. The predicted octanol–water partition coefficient (Wildman–Crippen LogP) is 2.46. The molecule has 0 spiro atoms. The molecule has 0 fully saturated rings. The fourth-order valence-corrected chi connectivity index (χ4v) is 2.08. The first-order valence-corrected chi connectivity index (χ1v) is 5.41. The van der Waals surface area contributed by atoms with Gasteiger partial charge < -0.3 is 5.11 Å². The van der Waals surface area contributed by atoms with Gasteiger partial charge >= 0.3 is 0 Å². The van der Waals surface area contributed by atoms with Crippen LogP contribution in [0, 0.1) is 5.41 Å². The number of aliphatic hydroxyl groups excluding tert-OH is 1. The molecule has 14 heavy (non-hydrogen) atoms. The van der Waals surface area contributed by atoms with Gasteiger partial charge in [-0.15, -0.1) is 0 Å². The summed E-state index contributed by atoms with van der Waals surface area (Å²) in [6, 6.07) is 0. The molecular formula is C12H20O2. The Morgan fingerprint density at radius 3 is 2.64 bits per heavy atom. The Kier molecular flexibility index (Phi) is 3.87. The summed E-state index contributed by atoms with van der Waals surface area (Å²) >= 11 is 0. The lowest BCUT2D eigenvalue weighted by Crippen LogP contribution is -2.15. The zero-order valence-corrected chi connectivity index (χ0v) is 9.18. The highest BCUT2D eigenvalue weighted by atomic mass is 16.2. The van der Waals surface area contributed by atoms with Crippen molar-refractivity contribution in [3.8, 4) is 0 Å². The van der Waals surface area contributed by atoms with Crippen molar-refractivity contribution < 1.29 is 9.90 Å². The lowest BCUT2D eigenvalue weighted by Gasteiger charge is -2.25. The summed E-state index contributed by atoms with van der Waals surface area (Å²) in [6.07, 6.45) is 6.58. The Labute approximate surface area is 86.0 Å². The second-order valence-corrected chi connectivity index (χ2v) is 4.57. The molecule has 1 unspecified atom stereocenters. The molecule has 0 radical (unpaired) electrons. The van der Waals surface area contributed by atoms with Crippen molar-refractivity contribution in [1.29, 1.82) is 0 Å². The SMILES string of the molecule is CC1=CC(=O)CC1(C)CCCCCO. The van der Waals surface area contributed by atoms with Gasteiger partial charge in [-0.25, -0.2) is 0 Å². The van der Waals surface area contributed by atoms with Gasteiger partial charge in [-0.3, -0.25) is 4.79 Å². The molecule has 0 saturated carbocycles. The Hall–Kier alpha value is -0.630. The van der Waals surface area contributed by atoms with Crippen molar-refractivity contribution in [2.24, 2.45) is 5.41 Å². The van der Waals surface area contributed by atoms with Gasteiger partial charge in [-0.1, -0.05) is 25.3 Å². The van der Waals surface area contributed by atoms with Crippen LogP contribution < -0.4 is 0 Å². The monoisotopic (exact) mass is 196 g/mol. The van der Waals surface area contributed by atoms with E-state index in [1.807, 2.05) is 0 Å². The molecule has 1 aliphatic carbocycles. The molecule has 0 aliphatic heterocycles. The highest BCUT2D eigenvalue weighted by Gasteiger charge is 2.33. The minimum atomic E-state index is 0.104. The Balaban J connectivity index is 2.36. The Morgan fingerprint density at radius 2 is 2.14 bits per heavy atom. The molecule has 0 saturated heterocycles. The van der Waals surface area contributed by atoms with Crippen LogP contribution in [0.25, 0.3) is 0 Å². The number of rotatable bonds is 5. The van der Waals surface area contributed by atoms with E-state index >= 15 is 0 Å². The van der Waals surface area contributed by atoms with E-state index in [1.54, 1.807) is 6.08 Å². The largest absolute Gasteiger partial charge is 0.396 e. The van der Waals surface area contributed by atoms with Crippen LogP contribution in [0.3, 0.4) is 0 Å². The van der Waals surface area contributed by atoms with Gasteiger partial charge in [0.2, 0.25) is 0 Å². The summed E-state index contributed by atoms with van der Waals surface area (Å²) in [5, 5.41) is 8.65. The van der Waals surface area contributed by atoms with Gasteiger partial charge in [-0.2, -0.15) is 0 Å². The van der Waals surface area contributed by atoms with Crippen molar-refractivity contribution in [2.45, 2.75) is 46.0 Å². The third kappa shape index (κ3) is 2.68. The third-order valence-electron chi connectivity index (χ3n) is 3.28. The lowest BCUT2D eigenvalue weighted by atomic mass is 9.79. The maximum Gasteiger partial charge on any atom is 0.156 e. The van der Waals surface area contributed by atoms with Gasteiger partial charge in [0, 0.05) is 13.0 Å². The van der Waals surface area contributed by atoms with Crippen LogP contribution in [0.1, 0.15) is 46.0 Å². The summed E-state index contributed by atoms with van der Waals surface area (Å²) in [7, 11) is 0. The number of unbranched alkanes of at least 4 members (excludes halogenated alkanes) is 2. The van der Waals surface area contributed by atoms with Crippen LogP contribution in [0.5, 0.6) is 0 Å². The summed E-state index contributed by atoms with van der Waals surface area (Å²) in [5.74, 6) is 0.271. The zero-order valence-electron chi connectivity index (χ0n) is 9.18. The lowest BCUT2D eigenvalue weighted by molar-refractivity contribution is -0.115. The first-order chi connectivity index (χ1) is 6.58. The van der Waals surface area contributed by atoms with Crippen molar-refractivity contribution in [2.75, 3.05) is 6.61 Å². The molecule has 0 aromatic carbocycles. The molecule has 80 valence electrons. The van der Waals surface area contributed by atoms with Gasteiger partial charge in [0.15, 0.2) is 5.78 Å². The molecule has 0 aromatic rings. The summed E-state index contributed by atoms with van der Waals surface area (Å²) in [6.45, 7) is 4.50. The molecule has 2 nitrogen and oxygen atoms in total. The number of carbonyl (C=O) groups is 1. The van der Waals surface area contributed by atoms with Crippen molar-refractivity contribution in [1.82, 2.24) is 0 Å². The normalized spacial score (nSPS) is 26.8. The standard InChI is InChI=1S/C12H20O2/c1-10-8-11(14)9-12(10,2)6-4-3-5-7-13/h8,13H,3-7,9H2,1-2H3. The molecular weight excluding hydrogens is 176 g/mol. The minimum Gasteiger partial charge on any atom is -0.396 e. The number of hydrogen-bond donors (Lipinski definition) is 1. The smallest absolute Gasteiger partial charge is 0.156 e. The molecule has 0 aromatic heterocycles. The quantitative estimate of drug-likeness (QED) is 0.686. The van der Waals surface area contributed by atoms with Gasteiger partial charge in [0.25, 0.3) is 0 Å². The molecule has 0 bridgehead atoms. The molecule has 1 aliphatic rings. The van der Waals surface area contributed by atoms with E-state index in [0.717, 1.165) is 25.7 Å². The van der Waals surface area contributed by atoms with Gasteiger partial charge in [0.05, 0.1) is 0 Å². The topological polar surface area (TPSA) is 37.3 Å². The van der Waals surface area contributed by atoms with E-state index in [1.165, 1.54) is 5.57 Å².